The third-order valence-electron chi connectivity index (χ3n) is 5.54. The second kappa shape index (κ2) is 11.0. The van der Waals surface area contributed by atoms with Gasteiger partial charge in [-0.1, -0.05) is 23.0 Å². The van der Waals surface area contributed by atoms with E-state index in [4.69, 9.17) is 24.5 Å². The summed E-state index contributed by atoms with van der Waals surface area (Å²) in [6, 6.07) is 0.0561. The number of rotatable bonds is 9. The highest BCUT2D eigenvalue weighted by atomic mass is 31.1. The fraction of sp³-hybridized carbons (Fsp3) is 0.591. The third-order valence-corrected chi connectivity index (χ3v) is 6.54. The number of aliphatic hydroxyl groups is 1. The standard InChI is InChI=1S/C22H29F2N4O8P/c1-13(2)34-16(29)14(3)27-37(32)36-21(9-6-5-7-10-21)33-12-22(24)17(30)20(4,23)18(35-22)28-11-8-15(25)26-19(28)31/h5-9,11,13-14,17-18,30H,10,12H2,1-4H3,(H2,25,26,31)/t14-,17-,18+,20+,21?,22+/m0/s1. The summed E-state index contributed by atoms with van der Waals surface area (Å²) in [5.41, 5.74) is 1.63. The highest BCUT2D eigenvalue weighted by molar-refractivity contribution is 7.33. The summed E-state index contributed by atoms with van der Waals surface area (Å²) in [6.07, 6.45) is 2.26. The quantitative estimate of drug-likeness (QED) is 0.263. The van der Waals surface area contributed by atoms with Crippen LogP contribution in [0.5, 0.6) is 0 Å². The summed E-state index contributed by atoms with van der Waals surface area (Å²) in [5, 5.41) is 10.5. The molecule has 1 aliphatic heterocycles. The molecule has 12 nitrogen and oxygen atoms in total. The molecule has 2 aliphatic rings. The molecule has 1 fully saturated rings. The van der Waals surface area contributed by atoms with Crippen molar-refractivity contribution in [2.75, 3.05) is 12.3 Å². The number of halogens is 2. The van der Waals surface area contributed by atoms with Gasteiger partial charge in [-0.25, -0.2) is 18.4 Å². The van der Waals surface area contributed by atoms with Crippen LogP contribution in [0.3, 0.4) is 0 Å². The Hall–Kier alpha value is -2.61. The van der Waals surface area contributed by atoms with E-state index < -0.39 is 68.2 Å². The number of hydrogen-bond donors (Lipinski definition) is 2. The van der Waals surface area contributed by atoms with E-state index in [1.165, 1.54) is 25.1 Å². The Morgan fingerprint density at radius 3 is 2.73 bits per heavy atom. The number of carbonyl (C=O) groups is 1. The lowest BCUT2D eigenvalue weighted by Gasteiger charge is -2.31. The van der Waals surface area contributed by atoms with E-state index in [0.717, 1.165) is 13.1 Å². The molecule has 15 heteroatoms. The summed E-state index contributed by atoms with van der Waals surface area (Å²) in [6.45, 7) is 4.41. The predicted octanol–water partition coefficient (Wildman–Crippen LogP) is 1.55. The fourth-order valence-corrected chi connectivity index (χ4v) is 4.52. The average molecular weight is 546 g/mol. The number of allylic oxidation sites excluding steroid dienone is 2. The van der Waals surface area contributed by atoms with Crippen molar-refractivity contribution in [2.24, 2.45) is 4.74 Å². The van der Waals surface area contributed by atoms with Gasteiger partial charge in [-0.05, 0) is 39.8 Å². The normalized spacial score (nSPS) is 32.6. The van der Waals surface area contributed by atoms with Gasteiger partial charge >= 0.3 is 19.8 Å². The van der Waals surface area contributed by atoms with Crippen molar-refractivity contribution in [2.45, 2.75) is 75.9 Å². The van der Waals surface area contributed by atoms with Crippen molar-refractivity contribution in [3.05, 3.63) is 47.1 Å². The van der Waals surface area contributed by atoms with Gasteiger partial charge in [-0.2, -0.15) is 4.98 Å². The molecule has 1 aliphatic carbocycles. The Morgan fingerprint density at radius 2 is 2.14 bits per heavy atom. The smallest absolute Gasteiger partial charge is 0.351 e. The molecule has 0 aromatic carbocycles. The molecule has 204 valence electrons. The van der Waals surface area contributed by atoms with Gasteiger partial charge in [0.1, 0.15) is 12.4 Å². The molecule has 0 radical (unpaired) electrons. The zero-order chi connectivity index (χ0) is 27.6. The number of nitrogens with zero attached hydrogens (tertiary/aromatic N) is 3. The molecule has 1 aromatic rings. The lowest BCUT2D eigenvalue weighted by atomic mass is 9.97. The van der Waals surface area contributed by atoms with Crippen molar-refractivity contribution in [1.82, 2.24) is 9.55 Å². The van der Waals surface area contributed by atoms with Crippen LogP contribution in [0.15, 0.2) is 46.1 Å². The minimum absolute atomic E-state index is 0.0608. The van der Waals surface area contributed by atoms with Crippen LogP contribution in [0.1, 0.15) is 40.3 Å². The van der Waals surface area contributed by atoms with Crippen LogP contribution in [-0.4, -0.2) is 62.8 Å². The van der Waals surface area contributed by atoms with Crippen molar-refractivity contribution >= 4 is 20.0 Å². The van der Waals surface area contributed by atoms with Crippen LogP contribution in [0.2, 0.25) is 0 Å². The first-order valence-corrected chi connectivity index (χ1v) is 12.5. The van der Waals surface area contributed by atoms with Gasteiger partial charge < -0.3 is 29.9 Å². The molecule has 0 spiro atoms. The predicted molar refractivity (Wildman–Crippen MR) is 125 cm³/mol. The van der Waals surface area contributed by atoms with E-state index in [2.05, 4.69) is 9.73 Å². The molecule has 37 heavy (non-hydrogen) atoms. The lowest BCUT2D eigenvalue weighted by molar-refractivity contribution is -0.266. The number of anilines is 1. The summed E-state index contributed by atoms with van der Waals surface area (Å²) in [7, 11) is -2.87. The highest BCUT2D eigenvalue weighted by Crippen LogP contribution is 2.48. The summed E-state index contributed by atoms with van der Waals surface area (Å²) >= 11 is 0. The minimum atomic E-state index is -3.16. The van der Waals surface area contributed by atoms with Gasteiger partial charge in [-0.15, -0.1) is 4.52 Å². The first kappa shape index (κ1) is 29.0. The van der Waals surface area contributed by atoms with E-state index in [1.807, 2.05) is 0 Å². The molecule has 7 atom stereocenters. The number of hydrogen-bond acceptors (Lipinski definition) is 11. The van der Waals surface area contributed by atoms with E-state index in [9.17, 15) is 19.6 Å². The number of carbonyl (C=O) groups excluding carboxylic acids is 1. The largest absolute Gasteiger partial charge is 0.583 e. The van der Waals surface area contributed by atoms with Gasteiger partial charge in [0.15, 0.2) is 24.0 Å². The lowest BCUT2D eigenvalue weighted by Crippen LogP contribution is -2.49. The van der Waals surface area contributed by atoms with Crippen LogP contribution in [-0.2, 0) is 23.5 Å². The SMILES string of the molecule is CC(C)OC(=O)[C@H](C)N=[P+]([O-])OC1(OC[C@@]2(F)O[C@@H](n3ccc(N)nc3=O)[C@](C)(F)[C@@H]2O)C=CC=CC1. The highest BCUT2D eigenvalue weighted by Gasteiger charge is 2.65. The van der Waals surface area contributed by atoms with Crippen LogP contribution in [0, 0.1) is 0 Å². The maximum atomic E-state index is 15.8. The molecule has 1 saturated heterocycles. The Labute approximate surface area is 212 Å². The number of aliphatic hydroxyl groups excluding tert-OH is 1. The third kappa shape index (κ3) is 6.46. The van der Waals surface area contributed by atoms with Crippen LogP contribution < -0.4 is 16.3 Å². The van der Waals surface area contributed by atoms with Gasteiger partial charge in [0.25, 0.3) is 5.85 Å². The number of aromatic nitrogens is 2. The molecule has 2 heterocycles. The van der Waals surface area contributed by atoms with Gasteiger partial charge in [0.2, 0.25) is 5.79 Å². The molecular weight excluding hydrogens is 517 g/mol. The molecule has 0 saturated carbocycles. The average Bonchev–Trinajstić information content (AvgIpc) is 2.98. The molecule has 3 rings (SSSR count). The second-order valence-electron chi connectivity index (χ2n) is 9.05. The number of esters is 1. The molecule has 1 aromatic heterocycles. The van der Waals surface area contributed by atoms with Crippen molar-refractivity contribution in [3.63, 3.8) is 0 Å². The second-order valence-corrected chi connectivity index (χ2v) is 9.94. The summed E-state index contributed by atoms with van der Waals surface area (Å²) in [5.74, 6) is -5.86. The molecule has 0 bridgehead atoms. The number of alkyl halides is 2. The van der Waals surface area contributed by atoms with Crippen LogP contribution in [0.4, 0.5) is 14.6 Å². The summed E-state index contributed by atoms with van der Waals surface area (Å²) in [4.78, 5) is 40.2. The van der Waals surface area contributed by atoms with Crippen molar-refractivity contribution in [1.29, 1.82) is 0 Å². The topological polar surface area (TPSA) is 171 Å². The number of nitrogens with two attached hydrogens (primary N) is 1. The van der Waals surface area contributed by atoms with Crippen LogP contribution in [0.25, 0.3) is 0 Å². The Morgan fingerprint density at radius 1 is 1.43 bits per heavy atom. The molecule has 3 N–H and O–H groups in total. The Balaban J connectivity index is 1.79. The van der Waals surface area contributed by atoms with Gasteiger partial charge in [0.05, 0.1) is 6.10 Å². The minimum Gasteiger partial charge on any atom is -0.583 e. The fourth-order valence-electron chi connectivity index (χ4n) is 3.65. The van der Waals surface area contributed by atoms with Gasteiger partial charge in [0, 0.05) is 12.6 Å². The number of ether oxygens (including phenoxy) is 3. The zero-order valence-corrected chi connectivity index (χ0v) is 21.5. The van der Waals surface area contributed by atoms with Crippen molar-refractivity contribution < 1.29 is 42.3 Å². The Kier molecular flexibility index (Phi) is 8.62. The first-order chi connectivity index (χ1) is 17.2. The number of nitrogen functional groups attached to an aromatic ring is 1. The maximum absolute atomic E-state index is 15.8. The Bertz CT molecular complexity index is 1160. The van der Waals surface area contributed by atoms with E-state index in [1.54, 1.807) is 26.0 Å². The first-order valence-electron chi connectivity index (χ1n) is 11.3. The zero-order valence-electron chi connectivity index (χ0n) is 20.6. The van der Waals surface area contributed by atoms with E-state index in [-0.39, 0.29) is 12.2 Å². The van der Waals surface area contributed by atoms with Gasteiger partial charge in [-0.3, -0.25) is 4.57 Å². The molecule has 2 unspecified atom stereocenters. The summed E-state index contributed by atoms with van der Waals surface area (Å²) < 4.78 is 56.8. The van der Waals surface area contributed by atoms with Crippen LogP contribution >= 0.6 is 8.17 Å². The molecule has 0 amide bonds. The van der Waals surface area contributed by atoms with Crippen molar-refractivity contribution in [3.8, 4) is 0 Å². The molecular formula is C22H29F2N4O8P. The van der Waals surface area contributed by atoms with E-state index >= 15 is 8.78 Å². The van der Waals surface area contributed by atoms with E-state index in [0.29, 0.717) is 4.57 Å². The monoisotopic (exact) mass is 546 g/mol. The maximum Gasteiger partial charge on any atom is 0.351 e.